The zero-order chi connectivity index (χ0) is 19.6. The van der Waals surface area contributed by atoms with E-state index in [2.05, 4.69) is 0 Å². The molecule has 0 aromatic heterocycles. The van der Waals surface area contributed by atoms with Crippen LogP contribution in [0.25, 0.3) is 0 Å². The van der Waals surface area contributed by atoms with Crippen LogP contribution >= 0.6 is 0 Å². The van der Waals surface area contributed by atoms with Crippen molar-refractivity contribution in [2.24, 2.45) is 0 Å². The van der Waals surface area contributed by atoms with Gasteiger partial charge in [-0.25, -0.2) is 0 Å². The number of epoxide rings is 1. The van der Waals surface area contributed by atoms with Crippen LogP contribution in [0.15, 0.2) is 0 Å². The second kappa shape index (κ2) is 7.58. The molecule has 0 N–H and O–H groups in total. The Morgan fingerprint density at radius 1 is 0.885 bits per heavy atom. The molecule has 2 aliphatic rings. The van der Waals surface area contributed by atoms with Crippen molar-refractivity contribution in [3.63, 3.8) is 0 Å². The van der Waals surface area contributed by atoms with Crippen LogP contribution in [0.1, 0.15) is 34.6 Å². The summed E-state index contributed by atoms with van der Waals surface area (Å²) in [5.74, 6) is -2.65. The first kappa shape index (κ1) is 20.1. The van der Waals surface area contributed by atoms with E-state index in [9.17, 15) is 19.2 Å². The summed E-state index contributed by atoms with van der Waals surface area (Å²) in [7, 11) is 0. The fourth-order valence-electron chi connectivity index (χ4n) is 2.79. The van der Waals surface area contributed by atoms with Gasteiger partial charge in [0, 0.05) is 27.7 Å². The monoisotopic (exact) mass is 374 g/mol. The molecule has 0 spiro atoms. The average Bonchev–Trinajstić information content (AvgIpc) is 3.15. The summed E-state index contributed by atoms with van der Waals surface area (Å²) in [5.41, 5.74) is -0.860. The predicted molar refractivity (Wildman–Crippen MR) is 81.4 cm³/mol. The Morgan fingerprint density at radius 2 is 1.38 bits per heavy atom. The molecule has 0 radical (unpaired) electrons. The van der Waals surface area contributed by atoms with Gasteiger partial charge in [0.25, 0.3) is 0 Å². The largest absolute Gasteiger partial charge is 0.456 e. The first-order chi connectivity index (χ1) is 12.0. The topological polar surface area (TPSA) is 127 Å². The van der Waals surface area contributed by atoms with E-state index >= 15 is 0 Å². The maximum atomic E-state index is 11.6. The lowest BCUT2D eigenvalue weighted by atomic mass is 9.95. The molecule has 2 fully saturated rings. The highest BCUT2D eigenvalue weighted by Crippen LogP contribution is 2.40. The van der Waals surface area contributed by atoms with Gasteiger partial charge in [0.1, 0.15) is 11.7 Å². The van der Waals surface area contributed by atoms with Crippen molar-refractivity contribution in [3.8, 4) is 0 Å². The van der Waals surface area contributed by atoms with Gasteiger partial charge in [-0.15, -0.1) is 0 Å². The zero-order valence-electron chi connectivity index (χ0n) is 15.2. The lowest BCUT2D eigenvalue weighted by Crippen LogP contribution is -2.50. The molecule has 26 heavy (non-hydrogen) atoms. The van der Waals surface area contributed by atoms with Crippen LogP contribution < -0.4 is 0 Å². The fraction of sp³-hybridized carbons (Fsp3) is 0.750. The van der Waals surface area contributed by atoms with Crippen LogP contribution in [0, 0.1) is 0 Å². The van der Waals surface area contributed by atoms with Crippen LogP contribution in [0.2, 0.25) is 0 Å². The van der Waals surface area contributed by atoms with E-state index in [-0.39, 0.29) is 6.61 Å². The molecule has 10 heteroatoms. The Bertz CT molecular complexity index is 596. The van der Waals surface area contributed by atoms with E-state index < -0.39 is 60.2 Å². The van der Waals surface area contributed by atoms with E-state index in [1.807, 2.05) is 0 Å². The molecule has 0 aromatic carbocycles. The fourth-order valence-corrected chi connectivity index (χ4v) is 2.79. The van der Waals surface area contributed by atoms with Crippen molar-refractivity contribution in [1.29, 1.82) is 0 Å². The molecule has 0 amide bonds. The van der Waals surface area contributed by atoms with Crippen molar-refractivity contribution < 1.29 is 47.6 Å². The molecule has 1 unspecified atom stereocenters. The number of esters is 4. The molecular formula is C16H22O10. The lowest BCUT2D eigenvalue weighted by Gasteiger charge is -2.29. The van der Waals surface area contributed by atoms with E-state index in [0.29, 0.717) is 0 Å². The summed E-state index contributed by atoms with van der Waals surface area (Å²) in [6, 6.07) is 0. The second-order valence-corrected chi connectivity index (χ2v) is 6.36. The number of hydrogen-bond acceptors (Lipinski definition) is 10. The minimum atomic E-state index is -1.33. The number of carbonyl (C=O) groups excluding carboxylic acids is 4. The van der Waals surface area contributed by atoms with E-state index in [1.54, 1.807) is 6.92 Å². The van der Waals surface area contributed by atoms with E-state index in [4.69, 9.17) is 28.4 Å². The Kier molecular flexibility index (Phi) is 5.87. The Labute approximate surface area is 150 Å². The minimum absolute atomic E-state index is 0.286. The molecule has 146 valence electrons. The summed E-state index contributed by atoms with van der Waals surface area (Å²) < 4.78 is 31.8. The second-order valence-electron chi connectivity index (χ2n) is 6.36. The average molecular weight is 374 g/mol. The lowest BCUT2D eigenvalue weighted by molar-refractivity contribution is -0.204. The number of rotatable bonds is 6. The van der Waals surface area contributed by atoms with E-state index in [0.717, 1.165) is 20.8 Å². The minimum Gasteiger partial charge on any atom is -0.456 e. The highest BCUT2D eigenvalue weighted by Gasteiger charge is 2.62. The van der Waals surface area contributed by atoms with Gasteiger partial charge in [0.05, 0.1) is 6.61 Å². The Morgan fingerprint density at radius 3 is 1.81 bits per heavy atom. The zero-order valence-corrected chi connectivity index (χ0v) is 15.2. The van der Waals surface area contributed by atoms with Gasteiger partial charge in [-0.3, -0.25) is 19.2 Å². The van der Waals surface area contributed by atoms with Gasteiger partial charge in [-0.1, -0.05) is 0 Å². The molecule has 2 saturated heterocycles. The van der Waals surface area contributed by atoms with Crippen LogP contribution in [-0.2, 0) is 47.6 Å². The standard InChI is InChI=1S/C16H22O10/c1-7(17)22-11-12(14(24-9(3)19)16(5)6-21-16)26-15(25-10(4)20)13(11)23-8(2)18/h11-15H,6H2,1-5H3/t11-,12+,13+,14+,15+,16?/m1/s1. The predicted octanol–water partition coefficient (Wildman–Crippen LogP) is -0.142. The molecule has 2 aliphatic heterocycles. The molecule has 2 rings (SSSR count). The highest BCUT2D eigenvalue weighted by atomic mass is 16.8. The van der Waals surface area contributed by atoms with Crippen molar-refractivity contribution in [2.75, 3.05) is 6.61 Å². The SMILES string of the molecule is CC(=O)O[C@H]1O[C@H]([C@H](OC(C)=O)C2(C)CO2)[C@@H](OC(C)=O)[C@@H]1OC(C)=O. The molecule has 6 atom stereocenters. The van der Waals surface area contributed by atoms with Crippen molar-refractivity contribution >= 4 is 23.9 Å². The smallest absolute Gasteiger partial charge is 0.305 e. The van der Waals surface area contributed by atoms with Crippen LogP contribution in [0.5, 0.6) is 0 Å². The van der Waals surface area contributed by atoms with Gasteiger partial charge >= 0.3 is 23.9 Å². The molecule has 10 nitrogen and oxygen atoms in total. The molecule has 0 bridgehead atoms. The maximum Gasteiger partial charge on any atom is 0.305 e. The summed E-state index contributed by atoms with van der Waals surface area (Å²) in [4.78, 5) is 45.9. The van der Waals surface area contributed by atoms with Gasteiger partial charge in [-0.2, -0.15) is 0 Å². The summed E-state index contributed by atoms with van der Waals surface area (Å²) in [6.45, 7) is 6.65. The molecule has 0 saturated carbocycles. The maximum absolute atomic E-state index is 11.6. The Hall–Kier alpha value is -2.20. The Balaban J connectivity index is 2.36. The van der Waals surface area contributed by atoms with Crippen molar-refractivity contribution in [1.82, 2.24) is 0 Å². The van der Waals surface area contributed by atoms with Crippen LogP contribution in [0.3, 0.4) is 0 Å². The summed E-state index contributed by atoms with van der Waals surface area (Å²) >= 11 is 0. The van der Waals surface area contributed by atoms with Crippen LogP contribution in [0.4, 0.5) is 0 Å². The first-order valence-corrected chi connectivity index (χ1v) is 8.02. The highest BCUT2D eigenvalue weighted by molar-refractivity contribution is 5.69. The normalized spacial score (nSPS) is 33.7. The number of carbonyl (C=O) groups is 4. The number of ether oxygens (including phenoxy) is 6. The van der Waals surface area contributed by atoms with E-state index in [1.165, 1.54) is 6.92 Å². The summed E-state index contributed by atoms with van der Waals surface area (Å²) in [5, 5.41) is 0. The van der Waals surface area contributed by atoms with Gasteiger partial charge in [0.2, 0.25) is 12.4 Å². The van der Waals surface area contributed by atoms with Crippen molar-refractivity contribution in [2.45, 2.75) is 70.9 Å². The molecular weight excluding hydrogens is 352 g/mol. The van der Waals surface area contributed by atoms with Gasteiger partial charge < -0.3 is 28.4 Å². The molecule has 2 heterocycles. The third-order valence-corrected chi connectivity index (χ3v) is 3.89. The van der Waals surface area contributed by atoms with Crippen LogP contribution in [-0.4, -0.2) is 66.8 Å². The van der Waals surface area contributed by atoms with Crippen molar-refractivity contribution in [3.05, 3.63) is 0 Å². The first-order valence-electron chi connectivity index (χ1n) is 8.02. The number of hydrogen-bond donors (Lipinski definition) is 0. The molecule has 0 aromatic rings. The van der Waals surface area contributed by atoms with Gasteiger partial charge in [0.15, 0.2) is 12.2 Å². The quantitative estimate of drug-likeness (QED) is 0.352. The van der Waals surface area contributed by atoms with Gasteiger partial charge in [-0.05, 0) is 6.92 Å². The third-order valence-electron chi connectivity index (χ3n) is 3.89. The third kappa shape index (κ3) is 4.70. The summed E-state index contributed by atoms with van der Waals surface area (Å²) in [6.07, 6.45) is -5.74. The molecule has 0 aliphatic carbocycles.